The number of sulfonamides is 1. The lowest BCUT2D eigenvalue weighted by molar-refractivity contribution is -0.133. The number of aliphatic hydroxyl groups is 1. The molecule has 1 atom stereocenters. The Balaban J connectivity index is 1.94. The molecule has 3 rings (SSSR count). The second-order valence-electron chi connectivity index (χ2n) is 6.01. The van der Waals surface area contributed by atoms with Crippen LogP contribution in [0.3, 0.4) is 0 Å². The molecule has 0 bridgehead atoms. The molecular weight excluding hydrogens is 356 g/mol. The fraction of sp³-hybridized carbons (Fsp3) is 0.222. The summed E-state index contributed by atoms with van der Waals surface area (Å²) in [5.41, 5.74) is -1.01. The van der Waals surface area contributed by atoms with Crippen molar-refractivity contribution in [1.82, 2.24) is 0 Å². The minimum absolute atomic E-state index is 0.0927. The normalized spacial score (nSPS) is 18.9. The molecule has 0 aromatic heterocycles. The summed E-state index contributed by atoms with van der Waals surface area (Å²) in [7, 11) is -3.57. The molecule has 3 N–H and O–H groups in total. The molecule has 136 valence electrons. The molecule has 0 spiro atoms. The van der Waals surface area contributed by atoms with E-state index in [9.17, 15) is 23.1 Å². The zero-order chi connectivity index (χ0) is 18.9. The van der Waals surface area contributed by atoms with Crippen molar-refractivity contribution in [2.45, 2.75) is 18.9 Å². The lowest BCUT2D eigenvalue weighted by Crippen LogP contribution is -2.36. The van der Waals surface area contributed by atoms with Crippen LogP contribution in [-0.2, 0) is 20.4 Å². The van der Waals surface area contributed by atoms with E-state index >= 15 is 0 Å². The van der Waals surface area contributed by atoms with E-state index in [0.717, 1.165) is 0 Å². The maximum atomic E-state index is 12.8. The van der Waals surface area contributed by atoms with Gasteiger partial charge < -0.3 is 10.4 Å². The zero-order valence-corrected chi connectivity index (χ0v) is 14.8. The van der Waals surface area contributed by atoms with E-state index in [2.05, 4.69) is 10.0 Å². The van der Waals surface area contributed by atoms with Gasteiger partial charge in [0.15, 0.2) is 11.4 Å². The molecule has 0 aliphatic carbocycles. The molecule has 0 saturated carbocycles. The molecule has 1 aliphatic heterocycles. The van der Waals surface area contributed by atoms with Crippen LogP contribution >= 0.6 is 0 Å². The molecule has 2 aromatic carbocycles. The van der Waals surface area contributed by atoms with Gasteiger partial charge >= 0.3 is 0 Å². The molecule has 1 aliphatic rings. The molecule has 0 fully saturated rings. The van der Waals surface area contributed by atoms with Crippen molar-refractivity contribution in [2.24, 2.45) is 0 Å². The Morgan fingerprint density at radius 2 is 1.81 bits per heavy atom. The number of hydrogen-bond donors (Lipinski definition) is 3. The number of ketones is 1. The Labute approximate surface area is 151 Å². The Morgan fingerprint density at radius 1 is 1.15 bits per heavy atom. The first-order valence-corrected chi connectivity index (χ1v) is 9.68. The molecule has 0 saturated heterocycles. The number of Topliss-reactive ketones (excluding diaryl/α,β-unsaturated/α-hetero) is 1. The fourth-order valence-corrected chi connectivity index (χ4v) is 3.52. The van der Waals surface area contributed by atoms with Crippen molar-refractivity contribution in [3.63, 3.8) is 0 Å². The summed E-state index contributed by atoms with van der Waals surface area (Å²) in [6.45, 7) is 1.48. The first kappa shape index (κ1) is 18.1. The number of rotatable bonds is 6. The fourth-order valence-electron chi connectivity index (χ4n) is 2.86. The first-order valence-electron chi connectivity index (χ1n) is 8.03. The molecule has 0 unspecified atom stereocenters. The van der Waals surface area contributed by atoms with Crippen LogP contribution in [0, 0.1) is 0 Å². The third kappa shape index (κ3) is 3.21. The van der Waals surface area contributed by atoms with Crippen molar-refractivity contribution >= 4 is 33.1 Å². The zero-order valence-electron chi connectivity index (χ0n) is 14.0. The first-order chi connectivity index (χ1) is 12.3. The van der Waals surface area contributed by atoms with Crippen LogP contribution in [0.2, 0.25) is 0 Å². The lowest BCUT2D eigenvalue weighted by Gasteiger charge is -2.20. The van der Waals surface area contributed by atoms with Crippen LogP contribution in [0.4, 0.5) is 11.4 Å². The number of carbonyl (C=O) groups is 2. The monoisotopic (exact) mass is 374 g/mol. The van der Waals surface area contributed by atoms with Gasteiger partial charge in [-0.1, -0.05) is 30.3 Å². The highest BCUT2D eigenvalue weighted by molar-refractivity contribution is 7.92. The number of para-hydroxylation sites is 2. The highest BCUT2D eigenvalue weighted by Gasteiger charge is 2.46. The number of benzene rings is 2. The number of hydrogen-bond acceptors (Lipinski definition) is 5. The summed E-state index contributed by atoms with van der Waals surface area (Å²) in [4.78, 5) is 25.0. The summed E-state index contributed by atoms with van der Waals surface area (Å²) in [6.07, 6.45) is -0.499. The summed E-state index contributed by atoms with van der Waals surface area (Å²) in [5, 5.41) is 13.4. The van der Waals surface area contributed by atoms with Gasteiger partial charge in [-0.25, -0.2) is 8.42 Å². The van der Waals surface area contributed by atoms with Crippen LogP contribution in [0.1, 0.15) is 29.3 Å². The van der Waals surface area contributed by atoms with Crippen molar-refractivity contribution in [1.29, 1.82) is 0 Å². The Hall–Kier alpha value is -2.71. The summed E-state index contributed by atoms with van der Waals surface area (Å²) < 4.78 is 26.0. The van der Waals surface area contributed by atoms with E-state index in [1.54, 1.807) is 36.4 Å². The molecule has 1 amide bonds. The molecule has 2 aromatic rings. The van der Waals surface area contributed by atoms with E-state index in [-0.39, 0.29) is 17.0 Å². The largest absolute Gasteiger partial charge is 0.375 e. The van der Waals surface area contributed by atoms with E-state index in [4.69, 9.17) is 0 Å². The number of fused-ring (bicyclic) bond motifs is 1. The van der Waals surface area contributed by atoms with Gasteiger partial charge in [0.25, 0.3) is 5.91 Å². The predicted molar refractivity (Wildman–Crippen MR) is 97.4 cm³/mol. The van der Waals surface area contributed by atoms with Gasteiger partial charge in [0.1, 0.15) is 0 Å². The SMILES string of the molecule is CCS(=O)(=O)Nc1ccccc1C(=O)C[C@]1(O)C(=O)Nc2ccccc21. The lowest BCUT2D eigenvalue weighted by atomic mass is 9.88. The molecule has 1 heterocycles. The second-order valence-corrected chi connectivity index (χ2v) is 8.02. The standard InChI is InChI=1S/C18H18N2O5S/c1-2-26(24,25)20-14-9-5-3-7-12(14)16(21)11-18(23)13-8-4-6-10-15(13)19-17(18)22/h3-10,20,23H,2,11H2,1H3,(H,19,22)/t18-/m1/s1. The van der Waals surface area contributed by atoms with E-state index < -0.39 is 33.7 Å². The van der Waals surface area contributed by atoms with Gasteiger partial charge in [0, 0.05) is 16.8 Å². The predicted octanol–water partition coefficient (Wildman–Crippen LogP) is 1.86. The van der Waals surface area contributed by atoms with Gasteiger partial charge in [-0.05, 0) is 25.1 Å². The third-order valence-electron chi connectivity index (χ3n) is 4.29. The summed E-state index contributed by atoms with van der Waals surface area (Å²) >= 11 is 0. The van der Waals surface area contributed by atoms with Crippen LogP contribution in [0.15, 0.2) is 48.5 Å². The summed E-state index contributed by atoms with van der Waals surface area (Å²) in [5.74, 6) is -1.37. The van der Waals surface area contributed by atoms with Crippen molar-refractivity contribution in [3.05, 3.63) is 59.7 Å². The average Bonchev–Trinajstić information content (AvgIpc) is 2.86. The van der Waals surface area contributed by atoms with Crippen LogP contribution in [-0.4, -0.2) is 31.0 Å². The van der Waals surface area contributed by atoms with Gasteiger partial charge in [-0.3, -0.25) is 14.3 Å². The van der Waals surface area contributed by atoms with Gasteiger partial charge in [-0.2, -0.15) is 0 Å². The van der Waals surface area contributed by atoms with Crippen LogP contribution in [0.25, 0.3) is 0 Å². The van der Waals surface area contributed by atoms with Gasteiger partial charge in [0.05, 0.1) is 17.9 Å². The third-order valence-corrected chi connectivity index (χ3v) is 5.58. The van der Waals surface area contributed by atoms with E-state index in [1.807, 2.05) is 0 Å². The Bertz CT molecular complexity index is 987. The molecule has 0 radical (unpaired) electrons. The average molecular weight is 374 g/mol. The van der Waals surface area contributed by atoms with Crippen molar-refractivity contribution in [3.8, 4) is 0 Å². The minimum Gasteiger partial charge on any atom is -0.375 e. The van der Waals surface area contributed by atoms with Gasteiger partial charge in [0.2, 0.25) is 10.0 Å². The van der Waals surface area contributed by atoms with Crippen molar-refractivity contribution in [2.75, 3.05) is 15.8 Å². The number of amides is 1. The van der Waals surface area contributed by atoms with E-state index in [0.29, 0.717) is 11.3 Å². The maximum Gasteiger partial charge on any atom is 0.261 e. The molecular formula is C18H18N2O5S. The van der Waals surface area contributed by atoms with E-state index in [1.165, 1.54) is 19.1 Å². The number of nitrogens with one attached hydrogen (secondary N) is 2. The smallest absolute Gasteiger partial charge is 0.261 e. The Kier molecular flexibility index (Phi) is 4.55. The molecule has 26 heavy (non-hydrogen) atoms. The molecule has 8 heteroatoms. The second kappa shape index (κ2) is 6.54. The Morgan fingerprint density at radius 3 is 2.54 bits per heavy atom. The van der Waals surface area contributed by atoms with Crippen LogP contribution < -0.4 is 10.0 Å². The highest BCUT2D eigenvalue weighted by Crippen LogP contribution is 2.39. The van der Waals surface area contributed by atoms with Crippen molar-refractivity contribution < 1.29 is 23.1 Å². The quantitative estimate of drug-likeness (QED) is 0.668. The summed E-state index contributed by atoms with van der Waals surface area (Å²) in [6, 6.07) is 12.7. The maximum absolute atomic E-state index is 12.8. The molecule has 7 nitrogen and oxygen atoms in total. The van der Waals surface area contributed by atoms with Gasteiger partial charge in [-0.15, -0.1) is 0 Å². The van der Waals surface area contributed by atoms with Crippen LogP contribution in [0.5, 0.6) is 0 Å². The number of anilines is 2. The topological polar surface area (TPSA) is 113 Å². The minimum atomic E-state index is -3.57. The number of carbonyl (C=O) groups excluding carboxylic acids is 2. The highest BCUT2D eigenvalue weighted by atomic mass is 32.2.